The van der Waals surface area contributed by atoms with E-state index in [0.717, 1.165) is 18.8 Å². The second-order valence-electron chi connectivity index (χ2n) is 3.75. The Labute approximate surface area is 83.5 Å². The highest BCUT2D eigenvalue weighted by Gasteiger charge is 2.13. The molecule has 0 spiro atoms. The standard InChI is InChI=1S/C11H15FN2/c12-9-4-5-10(13)11(8-9)14-6-2-1-3-7-14/h4-5,8H,1-3,6-7,13H2. The fraction of sp³-hybridized carbons (Fsp3) is 0.455. The van der Waals surface area contributed by atoms with E-state index in [0.29, 0.717) is 5.69 Å². The first-order valence-corrected chi connectivity index (χ1v) is 5.07. The highest BCUT2D eigenvalue weighted by atomic mass is 19.1. The summed E-state index contributed by atoms with van der Waals surface area (Å²) in [5.41, 5.74) is 7.34. The number of nitrogen functional groups attached to an aromatic ring is 1. The van der Waals surface area contributed by atoms with Crippen molar-refractivity contribution in [2.45, 2.75) is 19.3 Å². The lowest BCUT2D eigenvalue weighted by Gasteiger charge is -2.29. The van der Waals surface area contributed by atoms with Crippen molar-refractivity contribution in [3.63, 3.8) is 0 Å². The van der Waals surface area contributed by atoms with Crippen LogP contribution in [0.1, 0.15) is 19.3 Å². The Hall–Kier alpha value is -1.25. The Morgan fingerprint density at radius 3 is 2.57 bits per heavy atom. The van der Waals surface area contributed by atoms with Crippen LogP contribution in [0.15, 0.2) is 18.2 Å². The molecule has 1 aliphatic rings. The predicted molar refractivity (Wildman–Crippen MR) is 56.9 cm³/mol. The highest BCUT2D eigenvalue weighted by molar-refractivity contribution is 5.67. The summed E-state index contributed by atoms with van der Waals surface area (Å²) in [6.07, 6.45) is 3.62. The quantitative estimate of drug-likeness (QED) is 0.695. The fourth-order valence-electron chi connectivity index (χ4n) is 1.93. The van der Waals surface area contributed by atoms with Crippen LogP contribution in [0.4, 0.5) is 15.8 Å². The number of rotatable bonds is 1. The van der Waals surface area contributed by atoms with Gasteiger partial charge in [-0.25, -0.2) is 4.39 Å². The molecule has 2 nitrogen and oxygen atoms in total. The van der Waals surface area contributed by atoms with E-state index in [1.54, 1.807) is 6.07 Å². The van der Waals surface area contributed by atoms with E-state index in [9.17, 15) is 4.39 Å². The molecule has 0 bridgehead atoms. The maximum absolute atomic E-state index is 13.0. The summed E-state index contributed by atoms with van der Waals surface area (Å²) in [6, 6.07) is 4.57. The zero-order chi connectivity index (χ0) is 9.97. The molecule has 1 aromatic carbocycles. The zero-order valence-corrected chi connectivity index (χ0v) is 8.17. The molecule has 0 atom stereocenters. The molecular formula is C11H15FN2. The van der Waals surface area contributed by atoms with E-state index in [4.69, 9.17) is 5.73 Å². The Bertz CT molecular complexity index is 319. The summed E-state index contributed by atoms with van der Waals surface area (Å²) in [5, 5.41) is 0. The van der Waals surface area contributed by atoms with Gasteiger partial charge in [0.25, 0.3) is 0 Å². The molecule has 0 aliphatic carbocycles. The molecule has 1 aliphatic heterocycles. The number of hydrogen-bond acceptors (Lipinski definition) is 2. The van der Waals surface area contributed by atoms with Gasteiger partial charge >= 0.3 is 0 Å². The van der Waals surface area contributed by atoms with Gasteiger partial charge in [-0.15, -0.1) is 0 Å². The third kappa shape index (κ3) is 1.81. The minimum atomic E-state index is -0.209. The second-order valence-corrected chi connectivity index (χ2v) is 3.75. The molecule has 1 heterocycles. The molecule has 0 saturated carbocycles. The van der Waals surface area contributed by atoms with Crippen LogP contribution in [0, 0.1) is 5.82 Å². The minimum Gasteiger partial charge on any atom is -0.397 e. The molecule has 76 valence electrons. The van der Waals surface area contributed by atoms with E-state index < -0.39 is 0 Å². The van der Waals surface area contributed by atoms with Crippen LogP contribution in [0.2, 0.25) is 0 Å². The number of hydrogen-bond donors (Lipinski definition) is 1. The Kier molecular flexibility index (Phi) is 2.57. The van der Waals surface area contributed by atoms with Gasteiger partial charge in [-0.05, 0) is 37.5 Å². The average Bonchev–Trinajstić information content (AvgIpc) is 2.23. The van der Waals surface area contributed by atoms with E-state index in [1.807, 2.05) is 0 Å². The van der Waals surface area contributed by atoms with Crippen LogP contribution in [-0.4, -0.2) is 13.1 Å². The van der Waals surface area contributed by atoms with Crippen molar-refractivity contribution in [1.29, 1.82) is 0 Å². The topological polar surface area (TPSA) is 29.3 Å². The molecule has 0 aromatic heterocycles. The maximum Gasteiger partial charge on any atom is 0.125 e. The third-order valence-electron chi connectivity index (χ3n) is 2.69. The summed E-state index contributed by atoms with van der Waals surface area (Å²) in [5.74, 6) is -0.209. The summed E-state index contributed by atoms with van der Waals surface area (Å²) < 4.78 is 13.0. The second kappa shape index (κ2) is 3.86. The maximum atomic E-state index is 13.0. The van der Waals surface area contributed by atoms with E-state index in [1.165, 1.54) is 31.4 Å². The van der Waals surface area contributed by atoms with Crippen molar-refractivity contribution in [2.75, 3.05) is 23.7 Å². The van der Waals surface area contributed by atoms with E-state index >= 15 is 0 Å². The largest absolute Gasteiger partial charge is 0.397 e. The van der Waals surface area contributed by atoms with Gasteiger partial charge in [-0.1, -0.05) is 0 Å². The van der Waals surface area contributed by atoms with Gasteiger partial charge in [0.05, 0.1) is 11.4 Å². The van der Waals surface area contributed by atoms with Crippen molar-refractivity contribution in [2.24, 2.45) is 0 Å². The first kappa shape index (κ1) is 9.31. The first-order valence-electron chi connectivity index (χ1n) is 5.07. The van der Waals surface area contributed by atoms with Crippen LogP contribution in [0.25, 0.3) is 0 Å². The third-order valence-corrected chi connectivity index (χ3v) is 2.69. The van der Waals surface area contributed by atoms with Gasteiger partial charge in [-0.3, -0.25) is 0 Å². The summed E-state index contributed by atoms with van der Waals surface area (Å²) in [7, 11) is 0. The van der Waals surface area contributed by atoms with Crippen molar-refractivity contribution in [3.05, 3.63) is 24.0 Å². The van der Waals surface area contributed by atoms with Gasteiger partial charge in [-0.2, -0.15) is 0 Å². The molecule has 0 amide bonds. The lowest BCUT2D eigenvalue weighted by Crippen LogP contribution is -2.30. The number of anilines is 2. The summed E-state index contributed by atoms with van der Waals surface area (Å²) in [4.78, 5) is 2.17. The number of benzene rings is 1. The van der Waals surface area contributed by atoms with Crippen LogP contribution >= 0.6 is 0 Å². The first-order chi connectivity index (χ1) is 6.77. The van der Waals surface area contributed by atoms with Crippen LogP contribution < -0.4 is 10.6 Å². The monoisotopic (exact) mass is 194 g/mol. The molecule has 1 aromatic rings. The number of piperidine rings is 1. The Morgan fingerprint density at radius 2 is 1.86 bits per heavy atom. The predicted octanol–water partition coefficient (Wildman–Crippen LogP) is 2.40. The summed E-state index contributed by atoms with van der Waals surface area (Å²) in [6.45, 7) is 1.99. The van der Waals surface area contributed by atoms with Gasteiger partial charge in [0.15, 0.2) is 0 Å². The van der Waals surface area contributed by atoms with E-state index in [-0.39, 0.29) is 5.82 Å². The minimum absolute atomic E-state index is 0.209. The van der Waals surface area contributed by atoms with Gasteiger partial charge < -0.3 is 10.6 Å². The van der Waals surface area contributed by atoms with Crippen molar-refractivity contribution >= 4 is 11.4 Å². The molecule has 0 radical (unpaired) electrons. The molecule has 1 saturated heterocycles. The number of nitrogens with two attached hydrogens (primary N) is 1. The smallest absolute Gasteiger partial charge is 0.125 e. The molecule has 2 N–H and O–H groups in total. The fourth-order valence-corrected chi connectivity index (χ4v) is 1.93. The Morgan fingerprint density at radius 1 is 1.14 bits per heavy atom. The lowest BCUT2D eigenvalue weighted by molar-refractivity contribution is 0.574. The van der Waals surface area contributed by atoms with Gasteiger partial charge in [0.1, 0.15) is 5.82 Å². The molecule has 1 fully saturated rings. The SMILES string of the molecule is Nc1ccc(F)cc1N1CCCCC1. The van der Waals surface area contributed by atoms with E-state index in [2.05, 4.69) is 4.90 Å². The highest BCUT2D eigenvalue weighted by Crippen LogP contribution is 2.26. The molecule has 2 rings (SSSR count). The van der Waals surface area contributed by atoms with Crippen molar-refractivity contribution < 1.29 is 4.39 Å². The van der Waals surface area contributed by atoms with Gasteiger partial charge in [0, 0.05) is 13.1 Å². The zero-order valence-electron chi connectivity index (χ0n) is 8.17. The number of nitrogens with zero attached hydrogens (tertiary/aromatic N) is 1. The normalized spacial score (nSPS) is 17.1. The average molecular weight is 194 g/mol. The van der Waals surface area contributed by atoms with Crippen molar-refractivity contribution in [1.82, 2.24) is 0 Å². The number of halogens is 1. The van der Waals surface area contributed by atoms with Crippen LogP contribution in [0.3, 0.4) is 0 Å². The molecule has 14 heavy (non-hydrogen) atoms. The molecule has 0 unspecified atom stereocenters. The summed E-state index contributed by atoms with van der Waals surface area (Å²) >= 11 is 0. The van der Waals surface area contributed by atoms with Crippen LogP contribution in [0.5, 0.6) is 0 Å². The van der Waals surface area contributed by atoms with Gasteiger partial charge in [0.2, 0.25) is 0 Å². The van der Waals surface area contributed by atoms with Crippen LogP contribution in [-0.2, 0) is 0 Å². The molecular weight excluding hydrogens is 179 g/mol. The Balaban J connectivity index is 2.24. The molecule has 3 heteroatoms. The van der Waals surface area contributed by atoms with Crippen molar-refractivity contribution in [3.8, 4) is 0 Å². The lowest BCUT2D eigenvalue weighted by atomic mass is 10.1.